The Morgan fingerprint density at radius 1 is 1.17 bits per heavy atom. The van der Waals surface area contributed by atoms with Gasteiger partial charge in [0.2, 0.25) is 0 Å². The highest BCUT2D eigenvalue weighted by Crippen LogP contribution is 2.49. The standard InChI is InChI=1S/C20H25N3O/c1-2-9-22-19(5-1)14-24-16-20-8-3-4-18(20)13-23(15-20)12-17-6-10-21-11-7-17/h1-2,5-7,9-11,18H,3-4,8,12-16H2/t18-,20+/m1/s1. The van der Waals surface area contributed by atoms with Crippen LogP contribution in [0.5, 0.6) is 0 Å². The van der Waals surface area contributed by atoms with Crippen LogP contribution in [0.1, 0.15) is 30.5 Å². The molecule has 0 radical (unpaired) electrons. The molecule has 4 rings (SSSR count). The smallest absolute Gasteiger partial charge is 0.0888 e. The summed E-state index contributed by atoms with van der Waals surface area (Å²) < 4.78 is 6.11. The molecule has 3 heterocycles. The summed E-state index contributed by atoms with van der Waals surface area (Å²) in [5.74, 6) is 0.781. The van der Waals surface area contributed by atoms with Crippen molar-refractivity contribution in [1.82, 2.24) is 14.9 Å². The second kappa shape index (κ2) is 6.99. The molecule has 1 saturated carbocycles. The molecule has 1 aliphatic heterocycles. The molecule has 126 valence electrons. The van der Waals surface area contributed by atoms with Gasteiger partial charge in [0.05, 0.1) is 18.9 Å². The van der Waals surface area contributed by atoms with Gasteiger partial charge in [-0.3, -0.25) is 14.9 Å². The van der Waals surface area contributed by atoms with Crippen molar-refractivity contribution in [3.63, 3.8) is 0 Å². The van der Waals surface area contributed by atoms with Crippen LogP contribution in [-0.2, 0) is 17.9 Å². The van der Waals surface area contributed by atoms with E-state index in [0.717, 1.165) is 31.3 Å². The lowest BCUT2D eigenvalue weighted by molar-refractivity contribution is 0.0253. The average Bonchev–Trinajstić information content (AvgIpc) is 3.13. The van der Waals surface area contributed by atoms with E-state index in [1.54, 1.807) is 0 Å². The van der Waals surface area contributed by atoms with Gasteiger partial charge in [-0.05, 0) is 48.6 Å². The fourth-order valence-electron chi connectivity index (χ4n) is 4.47. The van der Waals surface area contributed by atoms with Crippen molar-refractivity contribution in [2.45, 2.75) is 32.4 Å². The summed E-state index contributed by atoms with van der Waals surface area (Å²) in [5.41, 5.74) is 2.73. The van der Waals surface area contributed by atoms with Crippen molar-refractivity contribution in [3.8, 4) is 0 Å². The molecule has 0 bridgehead atoms. The van der Waals surface area contributed by atoms with Gasteiger partial charge in [-0.15, -0.1) is 0 Å². The Balaban J connectivity index is 1.36. The second-order valence-electron chi connectivity index (χ2n) is 7.29. The Kier molecular flexibility index (Phi) is 4.58. The van der Waals surface area contributed by atoms with E-state index in [4.69, 9.17) is 4.74 Å². The second-order valence-corrected chi connectivity index (χ2v) is 7.29. The van der Waals surface area contributed by atoms with Crippen LogP contribution in [0.15, 0.2) is 48.9 Å². The van der Waals surface area contributed by atoms with Gasteiger partial charge in [0, 0.05) is 43.6 Å². The van der Waals surface area contributed by atoms with E-state index in [9.17, 15) is 0 Å². The molecular weight excluding hydrogens is 298 g/mol. The topological polar surface area (TPSA) is 38.2 Å². The molecule has 4 nitrogen and oxygen atoms in total. The maximum atomic E-state index is 6.11. The summed E-state index contributed by atoms with van der Waals surface area (Å²) in [4.78, 5) is 11.1. The minimum absolute atomic E-state index is 0.349. The van der Waals surface area contributed by atoms with Crippen LogP contribution in [-0.4, -0.2) is 34.6 Å². The first-order valence-electron chi connectivity index (χ1n) is 8.93. The molecule has 2 atom stereocenters. The van der Waals surface area contributed by atoms with E-state index >= 15 is 0 Å². The van der Waals surface area contributed by atoms with Crippen LogP contribution < -0.4 is 0 Å². The van der Waals surface area contributed by atoms with Crippen LogP contribution in [0.25, 0.3) is 0 Å². The number of aromatic nitrogens is 2. The van der Waals surface area contributed by atoms with Crippen molar-refractivity contribution >= 4 is 0 Å². The average molecular weight is 323 g/mol. The van der Waals surface area contributed by atoms with Crippen molar-refractivity contribution in [3.05, 3.63) is 60.2 Å². The number of ether oxygens (including phenoxy) is 1. The zero-order valence-corrected chi connectivity index (χ0v) is 14.1. The summed E-state index contributed by atoms with van der Waals surface area (Å²) in [7, 11) is 0. The highest BCUT2D eigenvalue weighted by Gasteiger charge is 2.49. The molecule has 0 aromatic carbocycles. The Bertz CT molecular complexity index is 648. The molecular formula is C20H25N3O. The Morgan fingerprint density at radius 3 is 2.92 bits per heavy atom. The van der Waals surface area contributed by atoms with Crippen LogP contribution >= 0.6 is 0 Å². The van der Waals surface area contributed by atoms with E-state index in [-0.39, 0.29) is 0 Å². The minimum atomic E-state index is 0.349. The van der Waals surface area contributed by atoms with Gasteiger partial charge in [-0.25, -0.2) is 0 Å². The molecule has 2 aromatic heterocycles. The number of nitrogens with zero attached hydrogens (tertiary/aromatic N) is 3. The van der Waals surface area contributed by atoms with Crippen molar-refractivity contribution in [1.29, 1.82) is 0 Å². The molecule has 1 saturated heterocycles. The van der Waals surface area contributed by atoms with E-state index in [0.29, 0.717) is 12.0 Å². The third kappa shape index (κ3) is 3.35. The SMILES string of the molecule is c1ccc(COC[C@@]23CCC[C@@H]2CN(Cc2ccncc2)C3)nc1. The van der Waals surface area contributed by atoms with Crippen molar-refractivity contribution < 1.29 is 4.74 Å². The third-order valence-corrected chi connectivity index (χ3v) is 5.63. The molecule has 2 aliphatic rings. The first kappa shape index (κ1) is 15.7. The predicted molar refractivity (Wildman–Crippen MR) is 93.2 cm³/mol. The van der Waals surface area contributed by atoms with Crippen LogP contribution in [0.4, 0.5) is 0 Å². The summed E-state index contributed by atoms with van der Waals surface area (Å²) >= 11 is 0. The highest BCUT2D eigenvalue weighted by atomic mass is 16.5. The van der Waals surface area contributed by atoms with Gasteiger partial charge in [0.1, 0.15) is 0 Å². The van der Waals surface area contributed by atoms with Crippen LogP contribution in [0.2, 0.25) is 0 Å². The first-order chi connectivity index (χ1) is 11.8. The quantitative estimate of drug-likeness (QED) is 0.817. The summed E-state index contributed by atoms with van der Waals surface area (Å²) in [6, 6.07) is 10.3. The number of pyridine rings is 2. The van der Waals surface area contributed by atoms with E-state index < -0.39 is 0 Å². The third-order valence-electron chi connectivity index (χ3n) is 5.63. The Hall–Kier alpha value is -1.78. The normalized spacial score (nSPS) is 26.6. The van der Waals surface area contributed by atoms with Crippen molar-refractivity contribution in [2.75, 3.05) is 19.7 Å². The number of hydrogen-bond donors (Lipinski definition) is 0. The fourth-order valence-corrected chi connectivity index (χ4v) is 4.47. The lowest BCUT2D eigenvalue weighted by atomic mass is 9.81. The molecule has 2 aromatic rings. The molecule has 24 heavy (non-hydrogen) atoms. The molecule has 1 aliphatic carbocycles. The zero-order valence-electron chi connectivity index (χ0n) is 14.1. The van der Waals surface area contributed by atoms with Gasteiger partial charge in [-0.2, -0.15) is 0 Å². The van der Waals surface area contributed by atoms with E-state index in [1.165, 1.54) is 31.4 Å². The van der Waals surface area contributed by atoms with Crippen molar-refractivity contribution in [2.24, 2.45) is 11.3 Å². The Morgan fingerprint density at radius 2 is 2.08 bits per heavy atom. The number of rotatable bonds is 6. The van der Waals surface area contributed by atoms with Crippen LogP contribution in [0, 0.1) is 11.3 Å². The molecule has 4 heteroatoms. The van der Waals surface area contributed by atoms with Gasteiger partial charge in [0.25, 0.3) is 0 Å². The largest absolute Gasteiger partial charge is 0.375 e. The van der Waals surface area contributed by atoms with Gasteiger partial charge in [-0.1, -0.05) is 12.5 Å². The molecule has 0 amide bonds. The monoisotopic (exact) mass is 323 g/mol. The predicted octanol–water partition coefficient (Wildman–Crippen LogP) is 3.30. The first-order valence-corrected chi connectivity index (χ1v) is 8.93. The molecule has 0 N–H and O–H groups in total. The number of likely N-dealkylation sites (tertiary alicyclic amines) is 1. The lowest BCUT2D eigenvalue weighted by Gasteiger charge is -2.28. The fraction of sp³-hybridized carbons (Fsp3) is 0.500. The maximum Gasteiger partial charge on any atom is 0.0888 e. The lowest BCUT2D eigenvalue weighted by Crippen LogP contribution is -2.32. The number of fused-ring (bicyclic) bond motifs is 1. The van der Waals surface area contributed by atoms with Gasteiger partial charge >= 0.3 is 0 Å². The van der Waals surface area contributed by atoms with Crippen LogP contribution in [0.3, 0.4) is 0 Å². The highest BCUT2D eigenvalue weighted by molar-refractivity contribution is 5.11. The number of hydrogen-bond acceptors (Lipinski definition) is 4. The molecule has 0 spiro atoms. The minimum Gasteiger partial charge on any atom is -0.375 e. The summed E-state index contributed by atoms with van der Waals surface area (Å²) in [6.45, 7) is 4.87. The maximum absolute atomic E-state index is 6.11. The van der Waals surface area contributed by atoms with E-state index in [2.05, 4.69) is 27.0 Å². The summed E-state index contributed by atoms with van der Waals surface area (Å²) in [5, 5.41) is 0. The molecule has 0 unspecified atom stereocenters. The van der Waals surface area contributed by atoms with E-state index in [1.807, 2.05) is 36.8 Å². The Labute approximate surface area is 143 Å². The van der Waals surface area contributed by atoms with Gasteiger partial charge < -0.3 is 4.74 Å². The summed E-state index contributed by atoms with van der Waals surface area (Å²) in [6.07, 6.45) is 9.60. The molecule has 2 fully saturated rings. The zero-order chi connectivity index (χ0) is 16.2. The van der Waals surface area contributed by atoms with Gasteiger partial charge in [0.15, 0.2) is 0 Å².